The van der Waals surface area contributed by atoms with E-state index in [2.05, 4.69) is 46.2 Å². The molecule has 0 aliphatic carbocycles. The molecule has 1 aliphatic rings. The van der Waals surface area contributed by atoms with Gasteiger partial charge in [0.05, 0.1) is 7.11 Å². The molecule has 0 radical (unpaired) electrons. The van der Waals surface area contributed by atoms with Crippen LogP contribution in [0.5, 0.6) is 5.75 Å². The molecule has 0 saturated carbocycles. The quantitative estimate of drug-likeness (QED) is 0.163. The van der Waals surface area contributed by atoms with E-state index >= 15 is 0 Å². The number of nitrogens with zero attached hydrogens (tertiary/aromatic N) is 4. The number of amidine groups is 1. The van der Waals surface area contributed by atoms with Crippen molar-refractivity contribution in [1.29, 1.82) is 0 Å². The number of rotatable bonds is 6. The first kappa shape index (κ1) is 25.8. The highest BCUT2D eigenvalue weighted by atomic mass is 32.1. The van der Waals surface area contributed by atoms with Gasteiger partial charge < -0.3 is 14.5 Å². The van der Waals surface area contributed by atoms with Gasteiger partial charge in [-0.15, -0.1) is 0 Å². The number of hydrogen-bond donors (Lipinski definition) is 0. The monoisotopic (exact) mass is 548 g/mol. The van der Waals surface area contributed by atoms with Crippen LogP contribution < -0.4 is 9.64 Å². The maximum Gasteiger partial charge on any atom is 0.146 e. The smallest absolute Gasteiger partial charge is 0.146 e. The molecule has 0 N–H and O–H groups in total. The Morgan fingerprint density at radius 3 is 2.08 bits per heavy atom. The van der Waals surface area contributed by atoms with Crippen LogP contribution in [0, 0.1) is 5.82 Å². The number of hydrogen-bond acceptors (Lipinski definition) is 5. The van der Waals surface area contributed by atoms with E-state index in [1.54, 1.807) is 19.2 Å². The van der Waals surface area contributed by atoms with E-state index in [4.69, 9.17) is 14.7 Å². The van der Waals surface area contributed by atoms with Gasteiger partial charge in [0.2, 0.25) is 0 Å². The van der Waals surface area contributed by atoms with Crippen LogP contribution in [-0.2, 0) is 0 Å². The van der Waals surface area contributed by atoms with Gasteiger partial charge >= 0.3 is 0 Å². The summed E-state index contributed by atoms with van der Waals surface area (Å²) in [4.78, 5) is 15.1. The minimum atomic E-state index is -0.262. The van der Waals surface area contributed by atoms with Crippen LogP contribution in [0.4, 0.5) is 15.1 Å². The van der Waals surface area contributed by atoms with Crippen molar-refractivity contribution in [2.24, 2.45) is 4.99 Å². The molecule has 0 spiro atoms. The van der Waals surface area contributed by atoms with Crippen molar-refractivity contribution in [3.63, 3.8) is 0 Å². The zero-order valence-electron chi connectivity index (χ0n) is 22.2. The largest absolute Gasteiger partial charge is 0.497 e. The first-order chi connectivity index (χ1) is 19.7. The van der Waals surface area contributed by atoms with Gasteiger partial charge in [0, 0.05) is 48.6 Å². The van der Waals surface area contributed by atoms with E-state index in [-0.39, 0.29) is 5.82 Å². The number of ether oxygens (including phenoxy) is 1. The molecule has 1 aliphatic heterocycles. The van der Waals surface area contributed by atoms with Gasteiger partial charge in [-0.1, -0.05) is 72.0 Å². The zero-order valence-corrected chi connectivity index (χ0v) is 23.0. The standard InChI is InChI=1S/C33H29FN4OS/c1-39-29-18-16-28(17-19-29)37-20-22-38(23-21-37)31(25-10-6-3-7-11-25)36-33-30(24-8-4-2-5-9-24)35-32(40-33)26-12-14-27(34)15-13-26/h2-19H,20-23H2,1H3. The van der Waals surface area contributed by atoms with Crippen molar-refractivity contribution < 1.29 is 9.13 Å². The Balaban J connectivity index is 1.36. The molecule has 0 unspecified atom stereocenters. The Morgan fingerprint density at radius 2 is 1.43 bits per heavy atom. The average Bonchev–Trinajstić information content (AvgIpc) is 3.45. The number of anilines is 1. The molecule has 0 bridgehead atoms. The van der Waals surface area contributed by atoms with Gasteiger partial charge in [0.15, 0.2) is 0 Å². The third kappa shape index (κ3) is 5.60. The van der Waals surface area contributed by atoms with E-state index < -0.39 is 0 Å². The van der Waals surface area contributed by atoms with Crippen LogP contribution in [0.25, 0.3) is 21.8 Å². The fourth-order valence-electron chi connectivity index (χ4n) is 4.86. The molecule has 2 heterocycles. The maximum atomic E-state index is 13.6. The summed E-state index contributed by atoms with van der Waals surface area (Å²) in [5.74, 6) is 1.53. The van der Waals surface area contributed by atoms with Crippen LogP contribution >= 0.6 is 11.3 Å². The minimum absolute atomic E-state index is 0.262. The van der Waals surface area contributed by atoms with Crippen molar-refractivity contribution in [1.82, 2.24) is 9.88 Å². The van der Waals surface area contributed by atoms with Crippen LogP contribution in [-0.4, -0.2) is 49.0 Å². The molecule has 0 atom stereocenters. The average molecular weight is 549 g/mol. The molecule has 0 amide bonds. The summed E-state index contributed by atoms with van der Waals surface area (Å²) in [6, 6.07) is 35.2. The number of benzene rings is 4. The van der Waals surface area contributed by atoms with Crippen molar-refractivity contribution in [2.45, 2.75) is 0 Å². The lowest BCUT2D eigenvalue weighted by Gasteiger charge is -2.37. The van der Waals surface area contributed by atoms with Gasteiger partial charge in [0.25, 0.3) is 0 Å². The van der Waals surface area contributed by atoms with Crippen molar-refractivity contribution in [2.75, 3.05) is 38.2 Å². The summed E-state index contributed by atoms with van der Waals surface area (Å²) in [6.45, 7) is 3.44. The van der Waals surface area contributed by atoms with Gasteiger partial charge in [-0.2, -0.15) is 0 Å². The summed E-state index contributed by atoms with van der Waals surface area (Å²) in [7, 11) is 1.69. The van der Waals surface area contributed by atoms with Gasteiger partial charge in [-0.25, -0.2) is 14.4 Å². The van der Waals surface area contributed by atoms with Gasteiger partial charge in [-0.05, 0) is 48.5 Å². The van der Waals surface area contributed by atoms with Crippen LogP contribution in [0.15, 0.2) is 114 Å². The molecule has 1 fully saturated rings. The molecule has 7 heteroatoms. The second-order valence-electron chi connectivity index (χ2n) is 9.52. The second-order valence-corrected chi connectivity index (χ2v) is 10.5. The number of piperazine rings is 1. The minimum Gasteiger partial charge on any atom is -0.497 e. The van der Waals surface area contributed by atoms with E-state index in [9.17, 15) is 4.39 Å². The first-order valence-electron chi connectivity index (χ1n) is 13.3. The molecular formula is C33H29FN4OS. The second kappa shape index (κ2) is 11.7. The third-order valence-electron chi connectivity index (χ3n) is 7.00. The topological polar surface area (TPSA) is 41.0 Å². The number of thiazole rings is 1. The highest BCUT2D eigenvalue weighted by Gasteiger charge is 2.23. The number of aliphatic imine (C=N–C) groups is 1. The zero-order chi connectivity index (χ0) is 27.3. The fourth-order valence-corrected chi connectivity index (χ4v) is 5.82. The molecule has 4 aromatic carbocycles. The van der Waals surface area contributed by atoms with E-state index in [0.717, 1.165) is 70.2 Å². The Hall–Kier alpha value is -4.49. The van der Waals surface area contributed by atoms with E-state index in [1.807, 2.05) is 48.5 Å². The predicted molar refractivity (Wildman–Crippen MR) is 162 cm³/mol. The molecule has 5 nitrogen and oxygen atoms in total. The number of aromatic nitrogens is 1. The van der Waals surface area contributed by atoms with Gasteiger partial charge in [0.1, 0.15) is 33.1 Å². The number of methoxy groups -OCH3 is 1. The fraction of sp³-hybridized carbons (Fsp3) is 0.152. The molecule has 6 rings (SSSR count). The molecule has 40 heavy (non-hydrogen) atoms. The van der Waals surface area contributed by atoms with Crippen molar-refractivity contribution in [3.8, 4) is 27.6 Å². The Labute approximate surface area is 237 Å². The Kier molecular flexibility index (Phi) is 7.55. The summed E-state index contributed by atoms with van der Waals surface area (Å²) < 4.78 is 19.0. The normalized spacial score (nSPS) is 13.9. The summed E-state index contributed by atoms with van der Waals surface area (Å²) in [5.41, 5.74) is 4.96. The van der Waals surface area contributed by atoms with Gasteiger partial charge in [-0.3, -0.25) is 0 Å². The lowest BCUT2D eigenvalue weighted by molar-refractivity contribution is 0.386. The lowest BCUT2D eigenvalue weighted by Crippen LogP contribution is -2.49. The highest BCUT2D eigenvalue weighted by Crippen LogP contribution is 2.40. The first-order valence-corrected chi connectivity index (χ1v) is 14.1. The Bertz CT molecular complexity index is 1580. The molecule has 1 aromatic heterocycles. The summed E-state index contributed by atoms with van der Waals surface area (Å²) >= 11 is 1.53. The van der Waals surface area contributed by atoms with E-state index in [1.165, 1.54) is 29.2 Å². The SMILES string of the molecule is COc1ccc(N2CCN(C(=Nc3sc(-c4ccc(F)cc4)nc3-c3ccccc3)c3ccccc3)CC2)cc1. The summed E-state index contributed by atoms with van der Waals surface area (Å²) in [6.07, 6.45) is 0. The third-order valence-corrected chi connectivity index (χ3v) is 8.00. The van der Waals surface area contributed by atoms with Crippen LogP contribution in [0.3, 0.4) is 0 Å². The highest BCUT2D eigenvalue weighted by molar-refractivity contribution is 7.19. The molecule has 5 aromatic rings. The Morgan fingerprint density at radius 1 is 0.775 bits per heavy atom. The van der Waals surface area contributed by atoms with E-state index in [0.29, 0.717) is 0 Å². The van der Waals surface area contributed by atoms with Crippen molar-refractivity contribution in [3.05, 3.63) is 121 Å². The van der Waals surface area contributed by atoms with Crippen LogP contribution in [0.1, 0.15) is 5.56 Å². The molecule has 1 saturated heterocycles. The maximum absolute atomic E-state index is 13.6. The van der Waals surface area contributed by atoms with Crippen LogP contribution in [0.2, 0.25) is 0 Å². The number of halogens is 1. The van der Waals surface area contributed by atoms with Crippen molar-refractivity contribution >= 4 is 27.9 Å². The lowest BCUT2D eigenvalue weighted by atomic mass is 10.1. The predicted octanol–water partition coefficient (Wildman–Crippen LogP) is 7.53. The summed E-state index contributed by atoms with van der Waals surface area (Å²) in [5, 5.41) is 1.65. The molecule has 200 valence electrons. The molecular weight excluding hydrogens is 519 g/mol.